The average molecular weight is 380 g/mol. The van der Waals surface area contributed by atoms with Crippen LogP contribution >= 0.6 is 0 Å². The van der Waals surface area contributed by atoms with Crippen LogP contribution in [-0.4, -0.2) is 21.1 Å². The first-order chi connectivity index (χ1) is 13.4. The zero-order valence-electron chi connectivity index (χ0n) is 16.5. The molecular weight excluding hydrogens is 356 g/mol. The number of benzene rings is 1. The van der Waals surface area contributed by atoms with Gasteiger partial charge >= 0.3 is 5.63 Å². The lowest BCUT2D eigenvalue weighted by atomic mass is 10.0. The Morgan fingerprint density at radius 3 is 2.54 bits per heavy atom. The van der Waals surface area contributed by atoms with Crippen molar-refractivity contribution < 1.29 is 9.21 Å². The molecule has 7 nitrogen and oxygen atoms in total. The number of hydrogen-bond acceptors (Lipinski definition) is 5. The molecule has 2 heterocycles. The maximum absolute atomic E-state index is 12.6. The van der Waals surface area contributed by atoms with Crippen LogP contribution in [-0.2, 0) is 0 Å². The largest absolute Gasteiger partial charge is 0.427 e. The fourth-order valence-corrected chi connectivity index (χ4v) is 3.09. The minimum Gasteiger partial charge on any atom is -0.427 e. The van der Waals surface area contributed by atoms with Gasteiger partial charge in [-0.1, -0.05) is 20.3 Å². The smallest absolute Gasteiger partial charge is 0.349 e. The summed E-state index contributed by atoms with van der Waals surface area (Å²) in [5.74, 6) is 1.59. The van der Waals surface area contributed by atoms with E-state index in [-0.39, 0.29) is 11.5 Å². The number of nitrogens with one attached hydrogen (secondary N) is 2. The molecule has 0 aliphatic carbocycles. The Kier molecular flexibility index (Phi) is 5.73. The molecule has 146 valence electrons. The molecule has 1 unspecified atom stereocenters. The van der Waals surface area contributed by atoms with E-state index in [2.05, 4.69) is 27.4 Å². The highest BCUT2D eigenvalue weighted by molar-refractivity contribution is 6.04. The van der Waals surface area contributed by atoms with Crippen LogP contribution in [0.4, 0.5) is 5.69 Å². The fraction of sp³-hybridized carbons (Fsp3) is 0.333. The van der Waals surface area contributed by atoms with Crippen LogP contribution in [0.2, 0.25) is 0 Å². The maximum Gasteiger partial charge on any atom is 0.349 e. The van der Waals surface area contributed by atoms with Gasteiger partial charge in [-0.3, -0.25) is 9.89 Å². The third kappa shape index (κ3) is 4.19. The number of rotatable bonds is 6. The monoisotopic (exact) mass is 380 g/mol. The Bertz CT molecular complexity index is 1030. The average Bonchev–Trinajstić information content (AvgIpc) is 3.08. The maximum atomic E-state index is 12.6. The van der Waals surface area contributed by atoms with Gasteiger partial charge in [0.2, 0.25) is 0 Å². The van der Waals surface area contributed by atoms with Crippen LogP contribution in [0.3, 0.4) is 0 Å². The molecule has 0 aliphatic rings. The Labute approximate surface area is 163 Å². The summed E-state index contributed by atoms with van der Waals surface area (Å²) in [4.78, 5) is 29.3. The third-order valence-electron chi connectivity index (χ3n) is 4.60. The molecule has 3 rings (SSSR count). The van der Waals surface area contributed by atoms with Crippen molar-refractivity contribution in [2.75, 3.05) is 5.32 Å². The minimum absolute atomic E-state index is 0.0288. The molecule has 2 aromatic heterocycles. The lowest BCUT2D eigenvalue weighted by Crippen LogP contribution is -2.23. The highest BCUT2D eigenvalue weighted by atomic mass is 16.4. The molecule has 1 aromatic carbocycles. The summed E-state index contributed by atoms with van der Waals surface area (Å²) in [6.07, 6.45) is 1.92. The third-order valence-corrected chi connectivity index (χ3v) is 4.60. The van der Waals surface area contributed by atoms with Crippen LogP contribution in [0, 0.1) is 13.8 Å². The van der Waals surface area contributed by atoms with E-state index in [0.717, 1.165) is 24.2 Å². The molecule has 0 fully saturated rings. The number of aromatic amines is 1. The first-order valence-corrected chi connectivity index (χ1v) is 9.34. The van der Waals surface area contributed by atoms with Crippen molar-refractivity contribution in [1.29, 1.82) is 0 Å². The highest BCUT2D eigenvalue weighted by Gasteiger charge is 2.19. The van der Waals surface area contributed by atoms with Crippen molar-refractivity contribution in [2.24, 2.45) is 0 Å². The summed E-state index contributed by atoms with van der Waals surface area (Å²) in [5.41, 5.74) is 1.43. The summed E-state index contributed by atoms with van der Waals surface area (Å²) >= 11 is 0. The number of anilines is 1. The van der Waals surface area contributed by atoms with Crippen LogP contribution in [0.5, 0.6) is 0 Å². The van der Waals surface area contributed by atoms with Gasteiger partial charge in [-0.15, -0.1) is 0 Å². The number of H-pyrrole nitrogens is 1. The number of carbonyl (C=O) groups excluding carboxylic acids is 1. The van der Waals surface area contributed by atoms with E-state index in [9.17, 15) is 9.59 Å². The molecule has 0 radical (unpaired) electrons. The summed E-state index contributed by atoms with van der Waals surface area (Å²) in [6, 6.07) is 8.89. The summed E-state index contributed by atoms with van der Waals surface area (Å²) in [6.45, 7) is 7.67. The van der Waals surface area contributed by atoms with Crippen molar-refractivity contribution >= 4 is 11.6 Å². The molecule has 0 bridgehead atoms. The van der Waals surface area contributed by atoms with Gasteiger partial charge in [0.15, 0.2) is 5.82 Å². The summed E-state index contributed by atoms with van der Waals surface area (Å²) in [5, 5.41) is 9.65. The SMILES string of the molecule is CCCC(C)c1cc(C)c(C(=O)Nc2ccc(-c3n[nH]c(C)n3)cc2)c(=O)o1. The second kappa shape index (κ2) is 8.21. The number of nitrogens with zero attached hydrogens (tertiary/aromatic N) is 2. The van der Waals surface area contributed by atoms with Gasteiger partial charge in [-0.2, -0.15) is 5.10 Å². The molecule has 3 aromatic rings. The molecule has 28 heavy (non-hydrogen) atoms. The molecule has 2 N–H and O–H groups in total. The van der Waals surface area contributed by atoms with E-state index in [0.29, 0.717) is 22.8 Å². The van der Waals surface area contributed by atoms with E-state index in [1.807, 2.05) is 26.0 Å². The van der Waals surface area contributed by atoms with Crippen LogP contribution < -0.4 is 10.9 Å². The number of hydrogen-bond donors (Lipinski definition) is 2. The zero-order valence-corrected chi connectivity index (χ0v) is 16.5. The first-order valence-electron chi connectivity index (χ1n) is 9.34. The second-order valence-electron chi connectivity index (χ2n) is 6.96. The number of carbonyl (C=O) groups is 1. The second-order valence-corrected chi connectivity index (χ2v) is 6.96. The lowest BCUT2D eigenvalue weighted by Gasteiger charge is -2.12. The molecule has 0 saturated carbocycles. The van der Waals surface area contributed by atoms with Crippen molar-refractivity contribution in [1.82, 2.24) is 15.2 Å². The van der Waals surface area contributed by atoms with Gasteiger partial charge in [0.05, 0.1) is 0 Å². The van der Waals surface area contributed by atoms with E-state index < -0.39 is 11.5 Å². The van der Waals surface area contributed by atoms with E-state index in [1.54, 1.807) is 25.1 Å². The van der Waals surface area contributed by atoms with Crippen LogP contribution in [0.25, 0.3) is 11.4 Å². The molecule has 0 aliphatic heterocycles. The zero-order chi connectivity index (χ0) is 20.3. The van der Waals surface area contributed by atoms with E-state index in [4.69, 9.17) is 4.42 Å². The Balaban J connectivity index is 1.78. The van der Waals surface area contributed by atoms with E-state index in [1.165, 1.54) is 0 Å². The van der Waals surface area contributed by atoms with Crippen molar-refractivity contribution in [3.05, 3.63) is 63.5 Å². The lowest BCUT2D eigenvalue weighted by molar-refractivity contribution is 0.102. The predicted octanol–water partition coefficient (Wildman–Crippen LogP) is 4.20. The Hall–Kier alpha value is -3.22. The summed E-state index contributed by atoms with van der Waals surface area (Å²) in [7, 11) is 0. The van der Waals surface area contributed by atoms with Crippen LogP contribution in [0.1, 0.15) is 60.1 Å². The van der Waals surface area contributed by atoms with Crippen molar-refractivity contribution in [2.45, 2.75) is 46.5 Å². The molecule has 1 atom stereocenters. The normalized spacial score (nSPS) is 12.0. The highest BCUT2D eigenvalue weighted by Crippen LogP contribution is 2.22. The molecular formula is C21H24N4O3. The topological polar surface area (TPSA) is 101 Å². The van der Waals surface area contributed by atoms with Gasteiger partial charge in [0.1, 0.15) is 17.1 Å². The van der Waals surface area contributed by atoms with Gasteiger partial charge in [-0.25, -0.2) is 9.78 Å². The quantitative estimate of drug-likeness (QED) is 0.667. The number of aryl methyl sites for hydroxylation is 2. The molecule has 1 amide bonds. The molecule has 0 spiro atoms. The predicted molar refractivity (Wildman–Crippen MR) is 108 cm³/mol. The molecule has 7 heteroatoms. The van der Waals surface area contributed by atoms with Gasteiger partial charge < -0.3 is 9.73 Å². The molecule has 0 saturated heterocycles. The minimum atomic E-state index is -0.608. The Morgan fingerprint density at radius 1 is 1.25 bits per heavy atom. The Morgan fingerprint density at radius 2 is 1.96 bits per heavy atom. The van der Waals surface area contributed by atoms with Crippen molar-refractivity contribution in [3.63, 3.8) is 0 Å². The number of amides is 1. The fourth-order valence-electron chi connectivity index (χ4n) is 3.09. The summed E-state index contributed by atoms with van der Waals surface area (Å²) < 4.78 is 5.41. The van der Waals surface area contributed by atoms with Crippen molar-refractivity contribution in [3.8, 4) is 11.4 Å². The standard InChI is InChI=1S/C21H24N4O3/c1-5-6-12(2)17-11-13(3)18(21(27)28-17)20(26)23-16-9-7-15(8-10-16)19-22-14(4)24-25-19/h7-12H,5-6H2,1-4H3,(H,23,26)(H,22,24,25). The van der Waals surface area contributed by atoms with Gasteiger partial charge in [-0.05, 0) is 56.2 Å². The van der Waals surface area contributed by atoms with Gasteiger partial charge in [0, 0.05) is 17.2 Å². The first kappa shape index (κ1) is 19.5. The van der Waals surface area contributed by atoms with E-state index >= 15 is 0 Å². The number of aromatic nitrogens is 3. The van der Waals surface area contributed by atoms with Gasteiger partial charge in [0.25, 0.3) is 5.91 Å². The van der Waals surface area contributed by atoms with Crippen LogP contribution in [0.15, 0.2) is 39.5 Å².